The monoisotopic (exact) mass is 517 g/mol. The molecule has 0 aromatic heterocycles. The average molecular weight is 517 g/mol. The van der Waals surface area contributed by atoms with Crippen molar-refractivity contribution in [2.75, 3.05) is 27.4 Å². The maximum atomic E-state index is 13.8. The first-order valence-electron chi connectivity index (χ1n) is 11.4. The van der Waals surface area contributed by atoms with Gasteiger partial charge in [0.15, 0.2) is 17.4 Å². The van der Waals surface area contributed by atoms with Crippen molar-refractivity contribution in [3.8, 4) is 5.75 Å². The number of fused-ring (bicyclic) bond motifs is 1. The first-order chi connectivity index (χ1) is 16.9. The zero-order chi connectivity index (χ0) is 26.3. The Bertz CT molecular complexity index is 1310. The Balaban J connectivity index is 1.67. The van der Waals surface area contributed by atoms with Crippen molar-refractivity contribution in [1.29, 1.82) is 0 Å². The van der Waals surface area contributed by atoms with Gasteiger partial charge in [0.2, 0.25) is 0 Å². The summed E-state index contributed by atoms with van der Waals surface area (Å²) >= 11 is 0. The number of methoxy groups -OCH3 is 2. The molecule has 0 unspecified atom stereocenters. The summed E-state index contributed by atoms with van der Waals surface area (Å²) in [6.07, 6.45) is 1.48. The van der Waals surface area contributed by atoms with E-state index in [9.17, 15) is 12.8 Å². The van der Waals surface area contributed by atoms with Crippen LogP contribution in [-0.4, -0.2) is 71.2 Å². The third-order valence-corrected chi connectivity index (χ3v) is 7.84. The van der Waals surface area contributed by atoms with Crippen molar-refractivity contribution in [3.63, 3.8) is 0 Å². The number of rotatable bonds is 7. The molecule has 0 radical (unpaired) electrons. The van der Waals surface area contributed by atoms with Crippen molar-refractivity contribution in [3.05, 3.63) is 53.3 Å². The van der Waals surface area contributed by atoms with E-state index in [1.165, 1.54) is 49.7 Å². The Morgan fingerprint density at radius 2 is 1.81 bits per heavy atom. The van der Waals surface area contributed by atoms with Gasteiger partial charge in [-0.05, 0) is 56.9 Å². The van der Waals surface area contributed by atoms with Crippen LogP contribution in [0.2, 0.25) is 0 Å². The third kappa shape index (κ3) is 4.90. The minimum Gasteiger partial charge on any atom is -0.494 e. The fourth-order valence-corrected chi connectivity index (χ4v) is 4.99. The molecule has 0 saturated carbocycles. The van der Waals surface area contributed by atoms with Crippen LogP contribution in [0.4, 0.5) is 4.39 Å². The van der Waals surface area contributed by atoms with Gasteiger partial charge >= 0.3 is 7.12 Å². The molecule has 2 aromatic carbocycles. The van der Waals surface area contributed by atoms with Crippen molar-refractivity contribution < 1.29 is 31.6 Å². The highest BCUT2D eigenvalue weighted by atomic mass is 32.2. The molecule has 12 heteroatoms. The van der Waals surface area contributed by atoms with E-state index in [2.05, 4.69) is 9.50 Å². The van der Waals surface area contributed by atoms with E-state index in [1.807, 2.05) is 27.7 Å². The Morgan fingerprint density at radius 1 is 1.11 bits per heavy atom. The van der Waals surface area contributed by atoms with E-state index in [0.29, 0.717) is 16.6 Å². The molecule has 2 aliphatic heterocycles. The predicted molar refractivity (Wildman–Crippen MR) is 135 cm³/mol. The first-order valence-corrected chi connectivity index (χ1v) is 12.8. The third-order valence-electron chi connectivity index (χ3n) is 6.53. The normalized spacial score (nSPS) is 19.4. The first kappa shape index (κ1) is 26.3. The lowest BCUT2D eigenvalue weighted by atomic mass is 9.79. The molecule has 0 amide bonds. The number of nitrogens with zero attached hydrogens (tertiary/aromatic N) is 3. The Labute approximate surface area is 211 Å². The van der Waals surface area contributed by atoms with Gasteiger partial charge in [0.05, 0.1) is 37.7 Å². The van der Waals surface area contributed by atoms with Crippen LogP contribution in [0.1, 0.15) is 38.8 Å². The summed E-state index contributed by atoms with van der Waals surface area (Å²) in [6.45, 7) is 8.23. The van der Waals surface area contributed by atoms with Crippen LogP contribution in [0.25, 0.3) is 0 Å². The van der Waals surface area contributed by atoms with Gasteiger partial charge in [0, 0.05) is 12.7 Å². The van der Waals surface area contributed by atoms with Gasteiger partial charge in [-0.25, -0.2) is 9.40 Å². The molecule has 2 heterocycles. The van der Waals surface area contributed by atoms with E-state index < -0.39 is 34.2 Å². The predicted octanol–water partition coefficient (Wildman–Crippen LogP) is 2.56. The lowest BCUT2D eigenvalue weighted by Gasteiger charge is -2.32. The molecule has 0 bridgehead atoms. The van der Waals surface area contributed by atoms with Crippen molar-refractivity contribution in [2.45, 2.75) is 43.8 Å². The largest absolute Gasteiger partial charge is 0.494 e. The molecule has 2 aliphatic rings. The summed E-state index contributed by atoms with van der Waals surface area (Å²) in [5.41, 5.74) is 0.420. The van der Waals surface area contributed by atoms with E-state index in [1.54, 1.807) is 12.1 Å². The molecule has 2 aromatic rings. The number of hydrogen-bond donors (Lipinski definition) is 0. The lowest BCUT2D eigenvalue weighted by Crippen LogP contribution is -2.41. The molecule has 0 aliphatic carbocycles. The fourth-order valence-electron chi connectivity index (χ4n) is 3.75. The van der Waals surface area contributed by atoms with Gasteiger partial charge < -0.3 is 18.8 Å². The number of benzene rings is 2. The number of hydrogen-bond acceptors (Lipinski definition) is 8. The number of halogens is 1. The molecule has 1 saturated heterocycles. The highest BCUT2D eigenvalue weighted by Crippen LogP contribution is 2.37. The number of amidine groups is 1. The summed E-state index contributed by atoms with van der Waals surface area (Å²) in [4.78, 5) is 0.0470. The van der Waals surface area contributed by atoms with Crippen LogP contribution < -0.4 is 10.2 Å². The molecule has 0 atom stereocenters. The highest BCUT2D eigenvalue weighted by Gasteiger charge is 2.52. The van der Waals surface area contributed by atoms with Crippen LogP contribution in [0, 0.1) is 5.82 Å². The van der Waals surface area contributed by atoms with Crippen molar-refractivity contribution >= 4 is 34.7 Å². The van der Waals surface area contributed by atoms with E-state index in [-0.39, 0.29) is 29.6 Å². The minimum absolute atomic E-state index is 0.0470. The summed E-state index contributed by atoms with van der Waals surface area (Å²) in [5.74, 6) is -0.263. The Morgan fingerprint density at radius 3 is 2.44 bits per heavy atom. The number of ether oxygens (including phenoxy) is 2. The molecule has 4 rings (SSSR count). The molecule has 0 spiro atoms. The van der Waals surface area contributed by atoms with E-state index in [4.69, 9.17) is 18.8 Å². The molecule has 1 fully saturated rings. The van der Waals surface area contributed by atoms with Gasteiger partial charge in [0.25, 0.3) is 10.0 Å². The Kier molecular flexibility index (Phi) is 6.99. The summed E-state index contributed by atoms with van der Waals surface area (Å²) in [7, 11) is -1.79. The highest BCUT2D eigenvalue weighted by molar-refractivity contribution is 7.90. The second-order valence-electron chi connectivity index (χ2n) is 9.49. The smallest absolute Gasteiger partial charge is 0.494 e. The quantitative estimate of drug-likeness (QED) is 0.316. The summed E-state index contributed by atoms with van der Waals surface area (Å²) < 4.78 is 66.2. The van der Waals surface area contributed by atoms with Crippen LogP contribution >= 0.6 is 0 Å². The van der Waals surface area contributed by atoms with E-state index >= 15 is 0 Å². The summed E-state index contributed by atoms with van der Waals surface area (Å²) in [6, 6.07) is 9.27. The van der Waals surface area contributed by atoms with Crippen molar-refractivity contribution in [1.82, 2.24) is 5.01 Å². The van der Waals surface area contributed by atoms with Gasteiger partial charge in [-0.3, -0.25) is 0 Å². The second kappa shape index (κ2) is 9.58. The topological polar surface area (TPSA) is 99.0 Å². The van der Waals surface area contributed by atoms with Gasteiger partial charge in [-0.1, -0.05) is 18.2 Å². The van der Waals surface area contributed by atoms with Gasteiger partial charge in [-0.15, -0.1) is 4.40 Å². The molecular weight excluding hydrogens is 488 g/mol. The lowest BCUT2D eigenvalue weighted by molar-refractivity contribution is 0.00578. The standard InChI is InChI=1S/C24H29BFN3O6S/c1-23(2)24(3,4)35-25(34-23)17-8-9-18-21(14-17)36(30,31)28-22(18)29(11-12-32-5)27-15-16-7-10-19(26)20(13-16)33-6/h7-10,13-15H,11-12H2,1-6H3/b27-15+. The molecular formula is C24H29BFN3O6S. The second-order valence-corrected chi connectivity index (χ2v) is 11.1. The number of hydrazone groups is 1. The van der Waals surface area contributed by atoms with Crippen LogP contribution in [0.5, 0.6) is 5.75 Å². The maximum absolute atomic E-state index is 13.8. The van der Waals surface area contributed by atoms with Crippen LogP contribution in [-0.2, 0) is 24.1 Å². The zero-order valence-electron chi connectivity index (χ0n) is 21.1. The molecule has 192 valence electrons. The molecule has 36 heavy (non-hydrogen) atoms. The molecule has 9 nitrogen and oxygen atoms in total. The summed E-state index contributed by atoms with van der Waals surface area (Å²) in [5, 5.41) is 5.87. The zero-order valence-corrected chi connectivity index (χ0v) is 21.9. The fraction of sp³-hybridized carbons (Fsp3) is 0.417. The molecule has 0 N–H and O–H groups in total. The van der Waals surface area contributed by atoms with Gasteiger partial charge in [-0.2, -0.15) is 13.5 Å². The van der Waals surface area contributed by atoms with Crippen molar-refractivity contribution in [2.24, 2.45) is 9.50 Å². The van der Waals surface area contributed by atoms with Gasteiger partial charge in [0.1, 0.15) is 4.90 Å². The average Bonchev–Trinajstić information content (AvgIpc) is 3.21. The van der Waals surface area contributed by atoms with Crippen LogP contribution in [0.3, 0.4) is 0 Å². The van der Waals surface area contributed by atoms with Crippen LogP contribution in [0.15, 0.2) is 50.8 Å². The SMILES string of the molecule is COCCN(/N=C/c1ccc(F)c(OC)c1)C1=NS(=O)(=O)c2cc(B3OC(C)(C)C(C)(C)O3)ccc21. The Hall–Kier alpha value is -2.80. The number of sulfonamides is 1. The maximum Gasteiger partial charge on any atom is 0.494 e. The minimum atomic E-state index is -3.98. The van der Waals surface area contributed by atoms with E-state index in [0.717, 1.165) is 0 Å².